The van der Waals surface area contributed by atoms with Crippen LogP contribution in [-0.4, -0.2) is 83.8 Å². The molecule has 0 saturated carbocycles. The van der Waals surface area contributed by atoms with E-state index in [1.165, 1.54) is 16.0 Å². The Hall–Kier alpha value is -1.39. The van der Waals surface area contributed by atoms with Crippen molar-refractivity contribution in [3.63, 3.8) is 0 Å². The molecule has 0 spiro atoms. The van der Waals surface area contributed by atoms with Crippen molar-refractivity contribution in [1.82, 2.24) is 9.80 Å². The molecule has 0 atom stereocenters. The van der Waals surface area contributed by atoms with Gasteiger partial charge in [0.15, 0.2) is 23.0 Å². The second-order valence-corrected chi connectivity index (χ2v) is 11.7. The molecule has 2 aromatic rings. The Balaban J connectivity index is 2.26. The zero-order chi connectivity index (χ0) is 25.0. The maximum atomic E-state index is 11.1. The molecule has 188 valence electrons. The number of phenolic OH excluding ortho intramolecular Hbond substituents is 1. The molecule has 1 aliphatic heterocycles. The third-order valence-corrected chi connectivity index (χ3v) is 9.40. The molecule has 6 nitrogen and oxygen atoms in total. The van der Waals surface area contributed by atoms with E-state index in [1.807, 2.05) is 6.07 Å². The van der Waals surface area contributed by atoms with Crippen LogP contribution in [0.4, 0.5) is 0 Å². The van der Waals surface area contributed by atoms with Crippen LogP contribution in [0.15, 0.2) is 20.8 Å². The molecule has 0 bridgehead atoms. The Morgan fingerprint density at radius 1 is 0.882 bits per heavy atom. The van der Waals surface area contributed by atoms with Gasteiger partial charge in [-0.2, -0.15) is 0 Å². The molecule has 0 fully saturated rings. The van der Waals surface area contributed by atoms with E-state index in [1.54, 1.807) is 54.7 Å². The molecule has 0 unspecified atom stereocenters. The quantitative estimate of drug-likeness (QED) is 0.340. The van der Waals surface area contributed by atoms with Crippen LogP contribution in [0.2, 0.25) is 0 Å². The van der Waals surface area contributed by atoms with Gasteiger partial charge in [0.2, 0.25) is 0 Å². The van der Waals surface area contributed by atoms with Crippen molar-refractivity contribution in [3.05, 3.63) is 28.3 Å². The molecule has 1 heterocycles. The number of hydrogen-bond acceptors (Lipinski definition) is 9. The Bertz CT molecular complexity index is 1030. The van der Waals surface area contributed by atoms with Crippen molar-refractivity contribution in [1.29, 1.82) is 0 Å². The van der Waals surface area contributed by atoms with Crippen LogP contribution in [0, 0.1) is 0 Å². The van der Waals surface area contributed by atoms with Crippen molar-refractivity contribution < 1.29 is 19.3 Å². The molecular weight excluding hydrogens is 488 g/mol. The molecule has 3 rings (SSSR count). The molecule has 1 N–H and O–H groups in total. The van der Waals surface area contributed by atoms with E-state index in [0.29, 0.717) is 12.2 Å². The van der Waals surface area contributed by atoms with Crippen LogP contribution in [-0.2, 0) is 19.3 Å². The van der Waals surface area contributed by atoms with Crippen LogP contribution in [0.5, 0.6) is 23.0 Å². The number of likely N-dealkylation sites (N-methyl/N-ethyl adjacent to an activating group) is 2. The van der Waals surface area contributed by atoms with E-state index in [0.717, 1.165) is 58.3 Å². The van der Waals surface area contributed by atoms with Crippen molar-refractivity contribution in [2.45, 2.75) is 33.9 Å². The van der Waals surface area contributed by atoms with Crippen LogP contribution in [0.25, 0.3) is 0 Å². The van der Waals surface area contributed by atoms with Crippen molar-refractivity contribution >= 4 is 33.3 Å². The number of rotatable bonds is 10. The highest BCUT2D eigenvalue weighted by Crippen LogP contribution is 2.57. The first-order valence-electron chi connectivity index (χ1n) is 11.2. The summed E-state index contributed by atoms with van der Waals surface area (Å²) in [7, 11) is 16.7. The standard InChI is InChI=1S/C25H36N2O4S3/c1-26(2)11-9-15-13-19(29-5)20(28)24-17(15)14-18-21(30-6)22(31-7)25(32-8)16(10-12-27(3)4)23(18)33-34-24/h13,28H,9-12,14H2,1-8H3. The van der Waals surface area contributed by atoms with Gasteiger partial charge in [-0.25, -0.2) is 0 Å². The number of aromatic hydroxyl groups is 1. The van der Waals surface area contributed by atoms with Gasteiger partial charge in [-0.15, -0.1) is 11.8 Å². The van der Waals surface area contributed by atoms with Gasteiger partial charge in [0, 0.05) is 30.0 Å². The van der Waals surface area contributed by atoms with Crippen molar-refractivity contribution in [3.8, 4) is 23.0 Å². The third-order valence-electron chi connectivity index (χ3n) is 5.96. The van der Waals surface area contributed by atoms with Crippen LogP contribution < -0.4 is 14.2 Å². The summed E-state index contributed by atoms with van der Waals surface area (Å²) in [6.07, 6.45) is 4.51. The lowest BCUT2D eigenvalue weighted by Gasteiger charge is -2.23. The van der Waals surface area contributed by atoms with Gasteiger partial charge in [0.05, 0.1) is 31.1 Å². The first kappa shape index (κ1) is 27.2. The minimum absolute atomic E-state index is 0.210. The number of ether oxygens (including phenoxy) is 3. The van der Waals surface area contributed by atoms with Gasteiger partial charge in [0.25, 0.3) is 0 Å². The SMILES string of the molecule is COc1cc(CCN(C)C)c2c(c1O)SSc1c(c(OC)c(OC)c(SC)c1CCN(C)C)C2. The Morgan fingerprint density at radius 2 is 1.50 bits per heavy atom. The number of methoxy groups -OCH3 is 3. The van der Waals surface area contributed by atoms with Gasteiger partial charge in [-0.05, 0) is 80.8 Å². The van der Waals surface area contributed by atoms with Crippen molar-refractivity contribution in [2.75, 3.05) is 68.9 Å². The lowest BCUT2D eigenvalue weighted by atomic mass is 9.94. The second kappa shape index (κ2) is 12.0. The number of benzene rings is 2. The smallest absolute Gasteiger partial charge is 0.174 e. The molecule has 1 aliphatic rings. The zero-order valence-corrected chi connectivity index (χ0v) is 23.9. The van der Waals surface area contributed by atoms with Crippen LogP contribution in [0.3, 0.4) is 0 Å². The molecule has 0 saturated heterocycles. The topological polar surface area (TPSA) is 54.4 Å². The first-order chi connectivity index (χ1) is 16.3. The number of phenols is 1. The normalized spacial score (nSPS) is 13.0. The lowest BCUT2D eigenvalue weighted by Crippen LogP contribution is -2.17. The number of hydrogen-bond donors (Lipinski definition) is 1. The highest BCUT2D eigenvalue weighted by atomic mass is 33.1. The molecular formula is C25H36N2O4S3. The average molecular weight is 525 g/mol. The summed E-state index contributed by atoms with van der Waals surface area (Å²) in [5, 5.41) is 11.1. The fourth-order valence-electron chi connectivity index (χ4n) is 4.19. The maximum absolute atomic E-state index is 11.1. The Labute approximate surface area is 216 Å². The highest BCUT2D eigenvalue weighted by Gasteiger charge is 2.31. The Morgan fingerprint density at radius 3 is 2.06 bits per heavy atom. The van der Waals surface area contributed by atoms with Gasteiger partial charge < -0.3 is 29.1 Å². The van der Waals surface area contributed by atoms with E-state index < -0.39 is 0 Å². The molecule has 0 amide bonds. The van der Waals surface area contributed by atoms with Gasteiger partial charge in [0.1, 0.15) is 0 Å². The largest absolute Gasteiger partial charge is 0.503 e. The summed E-state index contributed by atoms with van der Waals surface area (Å²) in [5.41, 5.74) is 4.72. The summed E-state index contributed by atoms with van der Waals surface area (Å²) in [6.45, 7) is 1.84. The first-order valence-corrected chi connectivity index (χ1v) is 14.5. The molecule has 34 heavy (non-hydrogen) atoms. The van der Waals surface area contributed by atoms with Gasteiger partial charge in [-0.1, -0.05) is 10.8 Å². The van der Waals surface area contributed by atoms with E-state index in [-0.39, 0.29) is 5.75 Å². The number of fused-ring (bicyclic) bond motifs is 2. The van der Waals surface area contributed by atoms with E-state index in [2.05, 4.69) is 44.2 Å². The van der Waals surface area contributed by atoms with E-state index in [9.17, 15) is 5.11 Å². The predicted octanol–water partition coefficient (Wildman–Crippen LogP) is 5.05. The third kappa shape index (κ3) is 5.54. The minimum Gasteiger partial charge on any atom is -0.503 e. The summed E-state index contributed by atoms with van der Waals surface area (Å²) < 4.78 is 17.4. The number of thioether (sulfide) groups is 1. The summed E-state index contributed by atoms with van der Waals surface area (Å²) in [6, 6.07) is 1.99. The lowest BCUT2D eigenvalue weighted by molar-refractivity contribution is 0.341. The summed E-state index contributed by atoms with van der Waals surface area (Å²) in [5.74, 6) is 2.31. The van der Waals surface area contributed by atoms with E-state index in [4.69, 9.17) is 14.2 Å². The maximum Gasteiger partial charge on any atom is 0.174 e. The fourth-order valence-corrected chi connectivity index (χ4v) is 7.93. The molecule has 2 aromatic carbocycles. The molecule has 0 radical (unpaired) electrons. The molecule has 0 aromatic heterocycles. The zero-order valence-electron chi connectivity index (χ0n) is 21.4. The summed E-state index contributed by atoms with van der Waals surface area (Å²) in [4.78, 5) is 7.58. The summed E-state index contributed by atoms with van der Waals surface area (Å²) >= 11 is 1.69. The van der Waals surface area contributed by atoms with Gasteiger partial charge in [-0.3, -0.25) is 0 Å². The van der Waals surface area contributed by atoms with Gasteiger partial charge >= 0.3 is 0 Å². The second-order valence-electron chi connectivity index (χ2n) is 8.73. The predicted molar refractivity (Wildman–Crippen MR) is 145 cm³/mol. The van der Waals surface area contributed by atoms with Crippen LogP contribution in [0.1, 0.15) is 22.3 Å². The number of nitrogens with zero attached hydrogens (tertiary/aromatic N) is 2. The monoisotopic (exact) mass is 524 g/mol. The molecule has 0 aliphatic carbocycles. The minimum atomic E-state index is 0.210. The Kier molecular flexibility index (Phi) is 9.63. The van der Waals surface area contributed by atoms with Crippen LogP contribution >= 0.6 is 33.3 Å². The van der Waals surface area contributed by atoms with E-state index >= 15 is 0 Å². The fraction of sp³-hybridized carbons (Fsp3) is 0.520. The average Bonchev–Trinajstić information content (AvgIpc) is 3.01. The highest BCUT2D eigenvalue weighted by molar-refractivity contribution is 8.76. The molecule has 9 heteroatoms. The van der Waals surface area contributed by atoms with Crippen molar-refractivity contribution in [2.24, 2.45) is 0 Å².